The van der Waals surface area contributed by atoms with E-state index in [9.17, 15) is 4.79 Å². The van der Waals surface area contributed by atoms with Crippen molar-refractivity contribution in [3.05, 3.63) is 34.1 Å². The first kappa shape index (κ1) is 17.1. The van der Waals surface area contributed by atoms with Gasteiger partial charge in [-0.25, -0.2) is 4.98 Å². The zero-order valence-electron chi connectivity index (χ0n) is 13.7. The van der Waals surface area contributed by atoms with Gasteiger partial charge in [0.05, 0.1) is 30.5 Å². The van der Waals surface area contributed by atoms with Crippen molar-refractivity contribution in [3.8, 4) is 0 Å². The molecule has 3 heterocycles. The van der Waals surface area contributed by atoms with E-state index < -0.39 is 0 Å². The van der Waals surface area contributed by atoms with Crippen LogP contribution in [0, 0.1) is 0 Å². The van der Waals surface area contributed by atoms with Crippen LogP contribution in [0.3, 0.4) is 0 Å². The van der Waals surface area contributed by atoms with Crippen molar-refractivity contribution in [1.29, 1.82) is 0 Å². The van der Waals surface area contributed by atoms with E-state index in [4.69, 9.17) is 14.0 Å². The quantitative estimate of drug-likeness (QED) is 0.860. The Morgan fingerprint density at radius 3 is 3.12 bits per heavy atom. The van der Waals surface area contributed by atoms with Crippen molar-refractivity contribution in [2.45, 2.75) is 44.9 Å². The fourth-order valence-corrected chi connectivity index (χ4v) is 3.00. The number of thiazole rings is 1. The Hall–Kier alpha value is -1.77. The fourth-order valence-electron chi connectivity index (χ4n) is 2.45. The number of nitrogens with zero attached hydrogens (tertiary/aromatic N) is 2. The smallest absolute Gasteiger partial charge is 0.273 e. The topological polar surface area (TPSA) is 86.5 Å². The normalized spacial score (nSPS) is 21.1. The number of hydrogen-bond donors (Lipinski definition) is 1. The molecule has 24 heavy (non-hydrogen) atoms. The Morgan fingerprint density at radius 1 is 1.54 bits per heavy atom. The van der Waals surface area contributed by atoms with Crippen LogP contribution in [0.2, 0.25) is 0 Å². The molecule has 8 heteroatoms. The number of amides is 1. The van der Waals surface area contributed by atoms with Gasteiger partial charge >= 0.3 is 0 Å². The molecule has 0 aromatic carbocycles. The van der Waals surface area contributed by atoms with Crippen molar-refractivity contribution >= 4 is 17.2 Å². The monoisotopic (exact) mass is 351 g/mol. The van der Waals surface area contributed by atoms with Crippen molar-refractivity contribution in [2.24, 2.45) is 0 Å². The molecule has 2 aromatic rings. The summed E-state index contributed by atoms with van der Waals surface area (Å²) in [4.78, 5) is 16.6. The summed E-state index contributed by atoms with van der Waals surface area (Å²) in [5.41, 5.74) is 2.95. The van der Waals surface area contributed by atoms with Crippen LogP contribution in [-0.2, 0) is 16.1 Å². The van der Waals surface area contributed by atoms with E-state index >= 15 is 0 Å². The first-order chi connectivity index (χ1) is 11.6. The van der Waals surface area contributed by atoms with Crippen LogP contribution in [-0.4, -0.2) is 41.4 Å². The minimum absolute atomic E-state index is 0.121. The predicted octanol–water partition coefficient (Wildman–Crippen LogP) is 2.36. The minimum atomic E-state index is -0.250. The van der Waals surface area contributed by atoms with Gasteiger partial charge in [0.25, 0.3) is 5.91 Å². The Bertz CT molecular complexity index is 656. The lowest BCUT2D eigenvalue weighted by atomic mass is 10.1. The minimum Gasteiger partial charge on any atom is -0.379 e. The van der Waals surface area contributed by atoms with Gasteiger partial charge in [0, 0.05) is 24.0 Å². The van der Waals surface area contributed by atoms with Crippen LogP contribution < -0.4 is 5.32 Å². The van der Waals surface area contributed by atoms with Gasteiger partial charge in [-0.2, -0.15) is 0 Å². The highest BCUT2D eigenvalue weighted by Crippen LogP contribution is 2.17. The largest absolute Gasteiger partial charge is 0.379 e. The van der Waals surface area contributed by atoms with Crippen LogP contribution in [0.1, 0.15) is 48.1 Å². The molecule has 2 atom stereocenters. The molecule has 1 aliphatic heterocycles. The van der Waals surface area contributed by atoms with Crippen molar-refractivity contribution in [3.63, 3.8) is 0 Å². The van der Waals surface area contributed by atoms with Gasteiger partial charge in [-0.3, -0.25) is 4.79 Å². The number of hydrogen-bond acceptors (Lipinski definition) is 7. The van der Waals surface area contributed by atoms with E-state index in [1.165, 1.54) is 11.3 Å². The average Bonchev–Trinajstić information content (AvgIpc) is 3.26. The first-order valence-corrected chi connectivity index (χ1v) is 8.91. The zero-order valence-corrected chi connectivity index (χ0v) is 14.5. The molecule has 0 saturated carbocycles. The summed E-state index contributed by atoms with van der Waals surface area (Å²) >= 11 is 1.53. The van der Waals surface area contributed by atoms with E-state index in [0.29, 0.717) is 37.7 Å². The third-order valence-corrected chi connectivity index (χ3v) is 4.51. The van der Waals surface area contributed by atoms with E-state index in [-0.39, 0.29) is 24.0 Å². The SMILES string of the molecule is CC(C)c1cc(C(=O)N[C@@H]2CCOC[C@H]2OCc2cscn2)no1. The molecule has 3 rings (SSSR count). The second kappa shape index (κ2) is 7.87. The molecule has 1 fully saturated rings. The summed E-state index contributed by atoms with van der Waals surface area (Å²) in [7, 11) is 0. The number of carbonyl (C=O) groups is 1. The molecule has 7 nitrogen and oxygen atoms in total. The summed E-state index contributed by atoms with van der Waals surface area (Å²) in [5.74, 6) is 0.639. The molecule has 2 aromatic heterocycles. The molecular formula is C16H21N3O4S. The van der Waals surface area contributed by atoms with Crippen molar-refractivity contribution in [1.82, 2.24) is 15.5 Å². The number of nitrogens with one attached hydrogen (secondary N) is 1. The molecule has 1 amide bonds. The van der Waals surface area contributed by atoms with Crippen LogP contribution in [0.4, 0.5) is 0 Å². The molecule has 0 aliphatic carbocycles. The standard InChI is InChI=1S/C16H21N3O4S/c1-10(2)14-5-13(19-23-14)16(20)18-12-3-4-21-7-15(12)22-6-11-8-24-9-17-11/h5,8-10,12,15H,3-4,6-7H2,1-2H3,(H,18,20)/t12-,15-/m1/s1. The first-order valence-electron chi connectivity index (χ1n) is 7.97. The van der Waals surface area contributed by atoms with Crippen LogP contribution in [0.15, 0.2) is 21.5 Å². The summed E-state index contributed by atoms with van der Waals surface area (Å²) in [6.45, 7) is 5.43. The lowest BCUT2D eigenvalue weighted by molar-refractivity contribution is -0.0742. The number of carbonyl (C=O) groups excluding carboxylic acids is 1. The molecular weight excluding hydrogens is 330 g/mol. The molecule has 1 saturated heterocycles. The van der Waals surface area contributed by atoms with Gasteiger partial charge < -0.3 is 19.3 Å². The van der Waals surface area contributed by atoms with E-state index in [1.54, 1.807) is 11.6 Å². The molecule has 0 radical (unpaired) electrons. The molecule has 0 spiro atoms. The maximum Gasteiger partial charge on any atom is 0.273 e. The van der Waals surface area contributed by atoms with Gasteiger partial charge in [0.1, 0.15) is 11.9 Å². The van der Waals surface area contributed by atoms with Crippen LogP contribution >= 0.6 is 11.3 Å². The second-order valence-corrected chi connectivity index (χ2v) is 6.76. The lowest BCUT2D eigenvalue weighted by Gasteiger charge is -2.31. The Morgan fingerprint density at radius 2 is 2.42 bits per heavy atom. The number of aromatic nitrogens is 2. The maximum atomic E-state index is 12.4. The van der Waals surface area contributed by atoms with Crippen LogP contribution in [0.5, 0.6) is 0 Å². The molecule has 0 unspecified atom stereocenters. The molecule has 1 aliphatic rings. The van der Waals surface area contributed by atoms with Crippen molar-refractivity contribution in [2.75, 3.05) is 13.2 Å². The fraction of sp³-hybridized carbons (Fsp3) is 0.562. The van der Waals surface area contributed by atoms with E-state index in [1.807, 2.05) is 19.2 Å². The van der Waals surface area contributed by atoms with Gasteiger partial charge in [0.2, 0.25) is 0 Å². The molecule has 0 bridgehead atoms. The summed E-state index contributed by atoms with van der Waals surface area (Å²) in [5, 5.41) is 8.77. The predicted molar refractivity (Wildman–Crippen MR) is 88.0 cm³/mol. The zero-order chi connectivity index (χ0) is 16.9. The summed E-state index contributed by atoms with van der Waals surface area (Å²) < 4.78 is 16.5. The Balaban J connectivity index is 1.59. The second-order valence-electron chi connectivity index (χ2n) is 6.04. The number of ether oxygens (including phenoxy) is 2. The highest BCUT2D eigenvalue weighted by molar-refractivity contribution is 7.07. The lowest BCUT2D eigenvalue weighted by Crippen LogP contribution is -2.50. The molecule has 1 N–H and O–H groups in total. The Labute approximate surface area is 144 Å². The Kier molecular flexibility index (Phi) is 5.60. The van der Waals surface area contributed by atoms with Gasteiger partial charge in [-0.05, 0) is 6.42 Å². The van der Waals surface area contributed by atoms with Gasteiger partial charge in [-0.1, -0.05) is 19.0 Å². The highest BCUT2D eigenvalue weighted by atomic mass is 32.1. The summed E-state index contributed by atoms with van der Waals surface area (Å²) in [6.07, 6.45) is 0.489. The van der Waals surface area contributed by atoms with E-state index in [0.717, 1.165) is 5.69 Å². The molecule has 130 valence electrons. The van der Waals surface area contributed by atoms with Crippen molar-refractivity contribution < 1.29 is 18.8 Å². The summed E-state index contributed by atoms with van der Waals surface area (Å²) in [6, 6.07) is 1.56. The number of rotatable bonds is 6. The van der Waals surface area contributed by atoms with Gasteiger partial charge in [0.15, 0.2) is 5.69 Å². The van der Waals surface area contributed by atoms with E-state index in [2.05, 4.69) is 15.5 Å². The highest BCUT2D eigenvalue weighted by Gasteiger charge is 2.29. The maximum absolute atomic E-state index is 12.4. The third kappa shape index (κ3) is 4.19. The third-order valence-electron chi connectivity index (χ3n) is 3.88. The average molecular weight is 351 g/mol. The van der Waals surface area contributed by atoms with Gasteiger partial charge in [-0.15, -0.1) is 11.3 Å². The van der Waals surface area contributed by atoms with Crippen LogP contribution in [0.25, 0.3) is 0 Å².